The molecular formula is C21H23N3O4S. The monoisotopic (exact) mass is 413 g/mol. The van der Waals surface area contributed by atoms with E-state index in [0.29, 0.717) is 24.6 Å². The number of thiophene rings is 1. The molecule has 7 nitrogen and oxygen atoms in total. The van der Waals surface area contributed by atoms with Crippen molar-refractivity contribution in [1.29, 1.82) is 0 Å². The van der Waals surface area contributed by atoms with Crippen LogP contribution in [0.1, 0.15) is 36.8 Å². The van der Waals surface area contributed by atoms with E-state index < -0.39 is 0 Å². The molecule has 0 N–H and O–H groups in total. The lowest BCUT2D eigenvalue weighted by atomic mass is 10.0. The summed E-state index contributed by atoms with van der Waals surface area (Å²) in [6, 6.07) is 9.59. The van der Waals surface area contributed by atoms with Crippen LogP contribution in [0, 0.1) is 0 Å². The highest BCUT2D eigenvalue weighted by Crippen LogP contribution is 2.39. The molecule has 152 valence electrons. The molecule has 8 heteroatoms. The molecule has 3 aromatic rings. The predicted octanol–water partition coefficient (Wildman–Crippen LogP) is 4.11. The van der Waals surface area contributed by atoms with Gasteiger partial charge in [0.2, 0.25) is 17.6 Å². The fraction of sp³-hybridized carbons (Fsp3) is 0.381. The van der Waals surface area contributed by atoms with Gasteiger partial charge in [-0.25, -0.2) is 0 Å². The summed E-state index contributed by atoms with van der Waals surface area (Å²) in [5.74, 6) is 2.66. The van der Waals surface area contributed by atoms with Crippen molar-refractivity contribution in [2.75, 3.05) is 20.8 Å². The van der Waals surface area contributed by atoms with Crippen molar-refractivity contribution in [1.82, 2.24) is 15.0 Å². The van der Waals surface area contributed by atoms with Crippen molar-refractivity contribution in [2.24, 2.45) is 0 Å². The number of hydrogen-bond donors (Lipinski definition) is 0. The Labute approximate surface area is 173 Å². The minimum atomic E-state index is -0.0167. The van der Waals surface area contributed by atoms with Crippen molar-refractivity contribution in [2.45, 2.75) is 31.7 Å². The lowest BCUT2D eigenvalue weighted by Gasteiger charge is -2.26. The van der Waals surface area contributed by atoms with Gasteiger partial charge in [-0.2, -0.15) is 4.98 Å². The average molecular weight is 413 g/mol. The highest BCUT2D eigenvalue weighted by molar-refractivity contribution is 7.13. The average Bonchev–Trinajstić information content (AvgIpc) is 3.52. The summed E-state index contributed by atoms with van der Waals surface area (Å²) < 4.78 is 16.2. The normalized spacial score (nSPS) is 16.2. The number of likely N-dealkylation sites (tertiary alicyclic amines) is 1. The van der Waals surface area contributed by atoms with Crippen LogP contribution in [0.25, 0.3) is 10.7 Å². The molecule has 3 heterocycles. The van der Waals surface area contributed by atoms with E-state index in [2.05, 4.69) is 10.1 Å². The first-order chi connectivity index (χ1) is 14.2. The van der Waals surface area contributed by atoms with Crippen LogP contribution in [0.15, 0.2) is 40.2 Å². The molecule has 1 amide bonds. The van der Waals surface area contributed by atoms with Gasteiger partial charge in [-0.15, -0.1) is 11.3 Å². The zero-order valence-electron chi connectivity index (χ0n) is 16.5. The summed E-state index contributed by atoms with van der Waals surface area (Å²) >= 11 is 1.56. The first-order valence-corrected chi connectivity index (χ1v) is 10.5. The van der Waals surface area contributed by atoms with Gasteiger partial charge in [0.15, 0.2) is 0 Å². The van der Waals surface area contributed by atoms with E-state index in [9.17, 15) is 4.79 Å². The van der Waals surface area contributed by atoms with Crippen LogP contribution in [-0.2, 0) is 11.2 Å². The third-order valence-corrected chi connectivity index (χ3v) is 6.00. The number of aromatic nitrogens is 2. The lowest BCUT2D eigenvalue weighted by Crippen LogP contribution is -2.31. The van der Waals surface area contributed by atoms with Crippen LogP contribution in [0.5, 0.6) is 11.5 Å². The van der Waals surface area contributed by atoms with E-state index in [-0.39, 0.29) is 11.9 Å². The minimum absolute atomic E-state index is 0.0167. The summed E-state index contributed by atoms with van der Waals surface area (Å²) in [5.41, 5.74) is 0.982. The van der Waals surface area contributed by atoms with Crippen molar-refractivity contribution >= 4 is 17.2 Å². The SMILES string of the molecule is COc1ccc(OC)c([C@@H]2CCCN2C(=O)CCc2nc(-c3cccs3)no2)c1. The van der Waals surface area contributed by atoms with Crippen molar-refractivity contribution in [3.8, 4) is 22.2 Å². The maximum absolute atomic E-state index is 13.0. The topological polar surface area (TPSA) is 77.7 Å². The minimum Gasteiger partial charge on any atom is -0.497 e. The largest absolute Gasteiger partial charge is 0.497 e. The molecule has 1 saturated heterocycles. The molecule has 29 heavy (non-hydrogen) atoms. The number of benzene rings is 1. The van der Waals surface area contributed by atoms with E-state index in [1.807, 2.05) is 40.6 Å². The van der Waals surface area contributed by atoms with Gasteiger partial charge < -0.3 is 18.9 Å². The molecule has 0 bridgehead atoms. The smallest absolute Gasteiger partial charge is 0.227 e. The maximum Gasteiger partial charge on any atom is 0.227 e. The Morgan fingerprint density at radius 1 is 1.31 bits per heavy atom. The van der Waals surface area contributed by atoms with Gasteiger partial charge in [-0.05, 0) is 42.5 Å². The van der Waals surface area contributed by atoms with Crippen molar-refractivity contribution in [3.63, 3.8) is 0 Å². The van der Waals surface area contributed by atoms with Gasteiger partial charge in [-0.3, -0.25) is 4.79 Å². The number of hydrogen-bond acceptors (Lipinski definition) is 7. The fourth-order valence-electron chi connectivity index (χ4n) is 3.71. The van der Waals surface area contributed by atoms with Gasteiger partial charge in [0, 0.05) is 24.9 Å². The maximum atomic E-state index is 13.0. The summed E-state index contributed by atoms with van der Waals surface area (Å²) in [5, 5.41) is 5.97. The van der Waals surface area contributed by atoms with Crippen LogP contribution in [0.3, 0.4) is 0 Å². The molecule has 0 radical (unpaired) electrons. The summed E-state index contributed by atoms with van der Waals surface area (Å²) in [6.07, 6.45) is 2.61. The molecule has 1 aliphatic rings. The second-order valence-electron chi connectivity index (χ2n) is 6.84. The quantitative estimate of drug-likeness (QED) is 0.580. The Morgan fingerprint density at radius 3 is 2.97 bits per heavy atom. The third kappa shape index (κ3) is 4.12. The number of carbonyl (C=O) groups is 1. The Bertz CT molecular complexity index is 970. The Hall–Kier alpha value is -2.87. The van der Waals surface area contributed by atoms with Crippen LogP contribution in [0.2, 0.25) is 0 Å². The summed E-state index contributed by atoms with van der Waals surface area (Å²) in [6.45, 7) is 0.730. The van der Waals surface area contributed by atoms with Gasteiger partial charge in [0.05, 0.1) is 25.1 Å². The standard InChI is InChI=1S/C21H23N3O4S/c1-26-14-7-8-17(27-2)15(13-14)16-5-3-11-24(16)20(25)10-9-19-22-21(23-28-19)18-6-4-12-29-18/h4,6-8,12-13,16H,3,5,9-11H2,1-2H3/t16-/m0/s1. The van der Waals surface area contributed by atoms with Gasteiger partial charge in [0.25, 0.3) is 0 Å². The number of amides is 1. The molecule has 1 atom stereocenters. The number of nitrogens with zero attached hydrogens (tertiary/aromatic N) is 3. The lowest BCUT2D eigenvalue weighted by molar-refractivity contribution is -0.132. The highest BCUT2D eigenvalue weighted by Gasteiger charge is 2.32. The molecule has 1 fully saturated rings. The summed E-state index contributed by atoms with van der Waals surface area (Å²) in [7, 11) is 3.28. The molecule has 4 rings (SSSR count). The first kappa shape index (κ1) is 19.4. The number of carbonyl (C=O) groups excluding carboxylic acids is 1. The predicted molar refractivity (Wildman–Crippen MR) is 109 cm³/mol. The van der Waals surface area contributed by atoms with Crippen LogP contribution in [-0.4, -0.2) is 41.7 Å². The number of aryl methyl sites for hydroxylation is 1. The van der Waals surface area contributed by atoms with Crippen LogP contribution >= 0.6 is 11.3 Å². The van der Waals surface area contributed by atoms with E-state index in [4.69, 9.17) is 14.0 Å². The van der Waals surface area contributed by atoms with Crippen molar-refractivity contribution < 1.29 is 18.8 Å². The molecule has 1 aliphatic heterocycles. The van der Waals surface area contributed by atoms with Crippen molar-refractivity contribution in [3.05, 3.63) is 47.2 Å². The van der Waals surface area contributed by atoms with Gasteiger partial charge in [0.1, 0.15) is 11.5 Å². The molecule has 0 aliphatic carbocycles. The van der Waals surface area contributed by atoms with E-state index in [0.717, 1.165) is 41.3 Å². The Kier molecular flexibility index (Phi) is 5.80. The number of ether oxygens (including phenoxy) is 2. The summed E-state index contributed by atoms with van der Waals surface area (Å²) in [4.78, 5) is 20.2. The first-order valence-electron chi connectivity index (χ1n) is 9.57. The number of rotatable bonds is 7. The van der Waals surface area contributed by atoms with E-state index >= 15 is 0 Å². The van der Waals surface area contributed by atoms with Gasteiger partial charge in [-0.1, -0.05) is 11.2 Å². The zero-order valence-corrected chi connectivity index (χ0v) is 17.3. The molecule has 0 spiro atoms. The molecular weight excluding hydrogens is 390 g/mol. The Balaban J connectivity index is 1.44. The van der Waals surface area contributed by atoms with E-state index in [1.165, 1.54) is 0 Å². The van der Waals surface area contributed by atoms with E-state index in [1.54, 1.807) is 25.6 Å². The molecule has 0 unspecified atom stereocenters. The second kappa shape index (κ2) is 8.65. The third-order valence-electron chi connectivity index (χ3n) is 5.13. The molecule has 0 saturated carbocycles. The highest BCUT2D eigenvalue weighted by atomic mass is 32.1. The number of methoxy groups -OCH3 is 2. The van der Waals surface area contributed by atoms with Crippen LogP contribution in [0.4, 0.5) is 0 Å². The zero-order chi connectivity index (χ0) is 20.2. The van der Waals surface area contributed by atoms with Crippen LogP contribution < -0.4 is 9.47 Å². The second-order valence-corrected chi connectivity index (χ2v) is 7.79. The molecule has 1 aromatic carbocycles. The fourth-order valence-corrected chi connectivity index (χ4v) is 4.36. The Morgan fingerprint density at radius 2 is 2.21 bits per heavy atom. The van der Waals surface area contributed by atoms with Gasteiger partial charge >= 0.3 is 0 Å². The molecule has 2 aromatic heterocycles.